The van der Waals surface area contributed by atoms with Gasteiger partial charge in [0.1, 0.15) is 11.5 Å². The third-order valence-electron chi connectivity index (χ3n) is 5.32. The third kappa shape index (κ3) is 5.79. The van der Waals surface area contributed by atoms with Crippen molar-refractivity contribution in [2.45, 2.75) is 25.7 Å². The molecule has 0 unspecified atom stereocenters. The van der Waals surface area contributed by atoms with Crippen molar-refractivity contribution in [1.82, 2.24) is 20.4 Å². The second-order valence-electron chi connectivity index (χ2n) is 7.59. The Kier molecular flexibility index (Phi) is 7.53. The van der Waals surface area contributed by atoms with Gasteiger partial charge >= 0.3 is 5.97 Å². The maximum atomic E-state index is 12.5. The summed E-state index contributed by atoms with van der Waals surface area (Å²) in [7, 11) is 0. The lowest BCUT2D eigenvalue weighted by molar-refractivity contribution is -0.133. The van der Waals surface area contributed by atoms with Gasteiger partial charge in [0.25, 0.3) is 0 Å². The molecule has 10 nitrogen and oxygen atoms in total. The molecule has 3 aromatic rings. The van der Waals surface area contributed by atoms with Crippen LogP contribution in [0.5, 0.6) is 0 Å². The van der Waals surface area contributed by atoms with Crippen LogP contribution in [0.1, 0.15) is 46.9 Å². The average Bonchev–Trinajstić information content (AvgIpc) is 3.62. The molecule has 0 bridgehead atoms. The Balaban J connectivity index is 1.24. The number of carbonyl (C=O) groups is 3. The lowest BCUT2D eigenvalue weighted by Gasteiger charge is -2.31. The van der Waals surface area contributed by atoms with Crippen LogP contribution in [0.25, 0.3) is 17.5 Å². The van der Waals surface area contributed by atoms with E-state index in [1.807, 2.05) is 5.38 Å². The van der Waals surface area contributed by atoms with Crippen molar-refractivity contribution in [1.29, 1.82) is 0 Å². The summed E-state index contributed by atoms with van der Waals surface area (Å²) in [6.07, 6.45) is 5.95. The van der Waals surface area contributed by atoms with Crippen molar-refractivity contribution in [2.24, 2.45) is 0 Å². The van der Waals surface area contributed by atoms with Crippen LogP contribution in [0.15, 0.2) is 44.9 Å². The first-order chi connectivity index (χ1) is 16.5. The Bertz CT molecular complexity index is 1160. The molecule has 4 heterocycles. The molecule has 178 valence electrons. The topological polar surface area (TPSA) is 128 Å². The fourth-order valence-corrected chi connectivity index (χ4v) is 4.52. The van der Waals surface area contributed by atoms with E-state index in [1.165, 1.54) is 29.7 Å². The zero-order valence-corrected chi connectivity index (χ0v) is 19.4. The predicted octanol–water partition coefficient (Wildman–Crippen LogP) is 3.10. The molecular formula is C23H24N4O6S. The zero-order valence-electron chi connectivity index (χ0n) is 18.6. The number of aromatic nitrogens is 2. The number of piperidine rings is 1. The molecule has 0 atom stereocenters. The summed E-state index contributed by atoms with van der Waals surface area (Å²) in [5, 5.41) is 9.18. The molecule has 1 aliphatic heterocycles. The van der Waals surface area contributed by atoms with E-state index in [-0.39, 0.29) is 36.6 Å². The van der Waals surface area contributed by atoms with Gasteiger partial charge in [-0.05, 0) is 38.0 Å². The van der Waals surface area contributed by atoms with Crippen molar-refractivity contribution in [3.63, 3.8) is 0 Å². The predicted molar refractivity (Wildman–Crippen MR) is 123 cm³/mol. The highest BCUT2D eigenvalue weighted by molar-refractivity contribution is 7.10. The van der Waals surface area contributed by atoms with E-state index in [0.717, 1.165) is 17.8 Å². The van der Waals surface area contributed by atoms with Gasteiger partial charge in [0, 0.05) is 36.5 Å². The highest BCUT2D eigenvalue weighted by Crippen LogP contribution is 2.33. The Hall–Kier alpha value is -3.73. The molecule has 0 spiro atoms. The first kappa shape index (κ1) is 23.4. The largest absolute Gasteiger partial charge is 0.465 e. The van der Waals surface area contributed by atoms with E-state index in [4.69, 9.17) is 13.7 Å². The number of rotatable bonds is 8. The lowest BCUT2D eigenvalue weighted by atomic mass is 9.97. The summed E-state index contributed by atoms with van der Waals surface area (Å²) in [5.41, 5.74) is 0.730. The second-order valence-corrected chi connectivity index (χ2v) is 8.48. The van der Waals surface area contributed by atoms with E-state index in [1.54, 1.807) is 30.0 Å². The van der Waals surface area contributed by atoms with E-state index >= 15 is 0 Å². The first-order valence-electron chi connectivity index (χ1n) is 10.9. The maximum Gasteiger partial charge on any atom is 0.360 e. The number of carbonyl (C=O) groups excluding carboxylic acids is 3. The van der Waals surface area contributed by atoms with Gasteiger partial charge in [0.15, 0.2) is 11.5 Å². The normalized spacial score (nSPS) is 14.4. The second kappa shape index (κ2) is 10.9. The van der Waals surface area contributed by atoms with Crippen LogP contribution < -0.4 is 5.32 Å². The summed E-state index contributed by atoms with van der Waals surface area (Å²) in [5.74, 6) is 0.196. The number of ether oxygens (including phenoxy) is 1. The standard InChI is InChI=1S/C23H24N4O6S/c1-2-31-23(30)17-12-19(33-26-17)18-14-34-22(25-18)15-7-9-27(10-8-15)21(29)13-24-20(28)6-5-16-4-3-11-32-16/h3-6,11-12,14-15H,2,7-10,13H2,1H3,(H,24,28). The van der Waals surface area contributed by atoms with Crippen molar-refractivity contribution in [3.8, 4) is 11.5 Å². The van der Waals surface area contributed by atoms with Crippen LogP contribution in [0.2, 0.25) is 0 Å². The van der Waals surface area contributed by atoms with Gasteiger partial charge in [-0.1, -0.05) is 5.16 Å². The number of esters is 1. The molecule has 1 N–H and O–H groups in total. The van der Waals surface area contributed by atoms with Crippen LogP contribution in [0.4, 0.5) is 0 Å². The lowest BCUT2D eigenvalue weighted by Crippen LogP contribution is -2.43. The molecule has 1 aliphatic rings. The summed E-state index contributed by atoms with van der Waals surface area (Å²) < 4.78 is 15.3. The molecule has 34 heavy (non-hydrogen) atoms. The first-order valence-corrected chi connectivity index (χ1v) is 11.8. The average molecular weight is 485 g/mol. The van der Waals surface area contributed by atoms with Crippen LogP contribution >= 0.6 is 11.3 Å². The summed E-state index contributed by atoms with van der Waals surface area (Å²) in [6, 6.07) is 4.99. The number of nitrogens with zero attached hydrogens (tertiary/aromatic N) is 3. The van der Waals surface area contributed by atoms with E-state index in [0.29, 0.717) is 30.3 Å². The van der Waals surface area contributed by atoms with Gasteiger partial charge in [-0.15, -0.1) is 11.3 Å². The molecule has 0 radical (unpaired) electrons. The number of thiazole rings is 1. The molecule has 0 saturated carbocycles. The summed E-state index contributed by atoms with van der Waals surface area (Å²) >= 11 is 1.52. The number of hydrogen-bond acceptors (Lipinski definition) is 9. The maximum absolute atomic E-state index is 12.5. The number of hydrogen-bond donors (Lipinski definition) is 1. The Morgan fingerprint density at radius 2 is 2.15 bits per heavy atom. The van der Waals surface area contributed by atoms with E-state index in [9.17, 15) is 14.4 Å². The minimum absolute atomic E-state index is 0.0539. The van der Waals surface area contributed by atoms with E-state index in [2.05, 4.69) is 15.5 Å². The van der Waals surface area contributed by atoms with Crippen LogP contribution in [-0.2, 0) is 14.3 Å². The Morgan fingerprint density at radius 3 is 2.88 bits per heavy atom. The van der Waals surface area contributed by atoms with Gasteiger partial charge in [-0.3, -0.25) is 9.59 Å². The highest BCUT2D eigenvalue weighted by Gasteiger charge is 2.26. The van der Waals surface area contributed by atoms with Crippen molar-refractivity contribution >= 4 is 35.2 Å². The van der Waals surface area contributed by atoms with Crippen LogP contribution in [0, 0.1) is 0 Å². The monoisotopic (exact) mass is 484 g/mol. The van der Waals surface area contributed by atoms with Gasteiger partial charge in [-0.2, -0.15) is 0 Å². The van der Waals surface area contributed by atoms with Crippen molar-refractivity contribution in [3.05, 3.63) is 52.4 Å². The summed E-state index contributed by atoms with van der Waals surface area (Å²) in [6.45, 7) is 3.11. The molecule has 3 aromatic heterocycles. The Morgan fingerprint density at radius 1 is 1.32 bits per heavy atom. The smallest absolute Gasteiger partial charge is 0.360 e. The molecule has 11 heteroatoms. The molecular weight excluding hydrogens is 460 g/mol. The van der Waals surface area contributed by atoms with Crippen LogP contribution in [-0.4, -0.2) is 59.1 Å². The number of likely N-dealkylation sites (tertiary alicyclic amines) is 1. The number of furan rings is 1. The fraction of sp³-hybridized carbons (Fsp3) is 0.348. The van der Waals surface area contributed by atoms with Crippen LogP contribution in [0.3, 0.4) is 0 Å². The SMILES string of the molecule is CCOC(=O)c1cc(-c2csc(C3CCN(C(=O)CNC(=O)C=Cc4ccco4)CC3)n2)on1. The van der Waals surface area contributed by atoms with Crippen molar-refractivity contribution in [2.75, 3.05) is 26.2 Å². The molecule has 1 saturated heterocycles. The number of amides is 2. The highest BCUT2D eigenvalue weighted by atomic mass is 32.1. The van der Waals surface area contributed by atoms with Gasteiger partial charge in [0.2, 0.25) is 11.8 Å². The molecule has 2 amide bonds. The van der Waals surface area contributed by atoms with E-state index < -0.39 is 5.97 Å². The van der Waals surface area contributed by atoms with Gasteiger partial charge in [-0.25, -0.2) is 9.78 Å². The zero-order chi connectivity index (χ0) is 23.9. The summed E-state index contributed by atoms with van der Waals surface area (Å²) in [4.78, 5) is 42.5. The fourth-order valence-electron chi connectivity index (χ4n) is 3.54. The van der Waals surface area contributed by atoms with Gasteiger partial charge < -0.3 is 23.9 Å². The quantitative estimate of drug-likeness (QED) is 0.382. The minimum atomic E-state index is -0.533. The number of nitrogens with one attached hydrogen (secondary N) is 1. The minimum Gasteiger partial charge on any atom is -0.465 e. The molecule has 0 aliphatic carbocycles. The Labute approximate surface area is 199 Å². The van der Waals surface area contributed by atoms with Gasteiger partial charge in [0.05, 0.1) is 24.4 Å². The van der Waals surface area contributed by atoms with Crippen molar-refractivity contribution < 1.29 is 28.1 Å². The molecule has 1 fully saturated rings. The molecule has 4 rings (SSSR count). The third-order valence-corrected chi connectivity index (χ3v) is 6.33. The molecule has 0 aromatic carbocycles.